The molecular formula is C28H36N4O5S. The Bertz CT molecular complexity index is 1270. The summed E-state index contributed by atoms with van der Waals surface area (Å²) < 4.78 is 37.9. The Labute approximate surface area is 225 Å². The van der Waals surface area contributed by atoms with Crippen molar-refractivity contribution in [1.29, 1.82) is 0 Å². The molecule has 2 aromatic carbocycles. The number of carbonyl (C=O) groups excluding carboxylic acids is 1. The summed E-state index contributed by atoms with van der Waals surface area (Å²) in [5.74, 6) is 1.37. The first-order chi connectivity index (χ1) is 18.4. The van der Waals surface area contributed by atoms with Gasteiger partial charge >= 0.3 is 0 Å². The van der Waals surface area contributed by atoms with E-state index in [0.29, 0.717) is 25.2 Å². The number of furan rings is 1. The van der Waals surface area contributed by atoms with E-state index in [-0.39, 0.29) is 16.8 Å². The van der Waals surface area contributed by atoms with Crippen LogP contribution in [0.5, 0.6) is 5.75 Å². The SMILES string of the molecule is CCN(CC)S(=O)(=O)c1ccc(C(=O)NCC(c2ccco2)N2CCN(c3ccc(OC)cc3)CC2)cc1. The minimum Gasteiger partial charge on any atom is -0.497 e. The van der Waals surface area contributed by atoms with Crippen molar-refractivity contribution in [2.45, 2.75) is 24.8 Å². The lowest BCUT2D eigenvalue weighted by atomic mass is 10.1. The number of hydrogen-bond donors (Lipinski definition) is 1. The van der Waals surface area contributed by atoms with Crippen LogP contribution in [0.2, 0.25) is 0 Å². The normalized spacial score (nSPS) is 15.4. The Morgan fingerprint density at radius 2 is 1.66 bits per heavy atom. The van der Waals surface area contributed by atoms with Gasteiger partial charge in [0.25, 0.3) is 5.91 Å². The molecule has 1 atom stereocenters. The third-order valence-electron chi connectivity index (χ3n) is 6.98. The molecule has 38 heavy (non-hydrogen) atoms. The molecule has 2 heterocycles. The predicted octanol–water partition coefficient (Wildman–Crippen LogP) is 3.61. The Hall–Kier alpha value is -3.34. The zero-order valence-corrected chi connectivity index (χ0v) is 23.0. The largest absolute Gasteiger partial charge is 0.497 e. The maximum absolute atomic E-state index is 13.0. The van der Waals surface area contributed by atoms with Gasteiger partial charge in [0.15, 0.2) is 0 Å². The van der Waals surface area contributed by atoms with Crippen LogP contribution in [0.1, 0.15) is 36.0 Å². The lowest BCUT2D eigenvalue weighted by Crippen LogP contribution is -2.49. The highest BCUT2D eigenvalue weighted by Gasteiger charge is 2.28. The Morgan fingerprint density at radius 1 is 1.00 bits per heavy atom. The molecular weight excluding hydrogens is 504 g/mol. The number of rotatable bonds is 11. The summed E-state index contributed by atoms with van der Waals surface area (Å²) in [4.78, 5) is 17.8. The highest BCUT2D eigenvalue weighted by atomic mass is 32.2. The van der Waals surface area contributed by atoms with Crippen LogP contribution in [0, 0.1) is 0 Å². The molecule has 0 aliphatic carbocycles. The van der Waals surface area contributed by atoms with Gasteiger partial charge < -0.3 is 19.4 Å². The van der Waals surface area contributed by atoms with Crippen LogP contribution >= 0.6 is 0 Å². The number of methoxy groups -OCH3 is 1. The van der Waals surface area contributed by atoms with Gasteiger partial charge in [0, 0.05) is 57.1 Å². The highest BCUT2D eigenvalue weighted by Crippen LogP contribution is 2.26. The molecule has 204 valence electrons. The number of benzene rings is 2. The standard InChI is InChI=1S/C28H36N4O5S/c1-4-32(5-2)38(34,35)25-14-8-22(9-15-25)28(33)29-21-26(27-7-6-20-37-27)31-18-16-30(17-19-31)23-10-12-24(36-3)13-11-23/h6-15,20,26H,4-5,16-19,21H2,1-3H3,(H,29,33). The fourth-order valence-corrected chi connectivity index (χ4v) is 6.22. The molecule has 0 spiro atoms. The number of anilines is 1. The molecule has 1 saturated heterocycles. The first-order valence-electron chi connectivity index (χ1n) is 12.9. The topological polar surface area (TPSA) is 95.3 Å². The second-order valence-corrected chi connectivity index (χ2v) is 11.0. The fraction of sp³-hybridized carbons (Fsp3) is 0.393. The van der Waals surface area contributed by atoms with Crippen LogP contribution in [0.25, 0.3) is 0 Å². The minimum absolute atomic E-state index is 0.116. The maximum Gasteiger partial charge on any atom is 0.251 e. The average molecular weight is 541 g/mol. The third kappa shape index (κ3) is 6.20. The number of ether oxygens (including phenoxy) is 1. The molecule has 1 unspecified atom stereocenters. The van der Waals surface area contributed by atoms with E-state index in [4.69, 9.17) is 9.15 Å². The van der Waals surface area contributed by atoms with Gasteiger partial charge in [-0.05, 0) is 60.7 Å². The molecule has 1 aliphatic heterocycles. The lowest BCUT2D eigenvalue weighted by Gasteiger charge is -2.39. The molecule has 1 amide bonds. The Balaban J connectivity index is 1.39. The van der Waals surface area contributed by atoms with Crippen molar-refractivity contribution < 1.29 is 22.4 Å². The average Bonchev–Trinajstić information content (AvgIpc) is 3.49. The van der Waals surface area contributed by atoms with E-state index in [1.165, 1.54) is 16.4 Å². The molecule has 10 heteroatoms. The first-order valence-corrected chi connectivity index (χ1v) is 14.4. The zero-order chi connectivity index (χ0) is 27.1. The number of nitrogens with zero attached hydrogens (tertiary/aromatic N) is 3. The number of nitrogens with one attached hydrogen (secondary N) is 1. The summed E-state index contributed by atoms with van der Waals surface area (Å²) in [5, 5.41) is 3.02. The van der Waals surface area contributed by atoms with Crippen LogP contribution in [0.3, 0.4) is 0 Å². The molecule has 1 fully saturated rings. The number of amides is 1. The van der Waals surface area contributed by atoms with Gasteiger partial charge in [0.05, 0.1) is 24.3 Å². The van der Waals surface area contributed by atoms with E-state index in [9.17, 15) is 13.2 Å². The van der Waals surface area contributed by atoms with E-state index < -0.39 is 10.0 Å². The molecule has 0 saturated carbocycles. The van der Waals surface area contributed by atoms with Crippen molar-refractivity contribution in [3.8, 4) is 5.75 Å². The predicted molar refractivity (Wildman–Crippen MR) is 147 cm³/mol. The third-order valence-corrected chi connectivity index (χ3v) is 9.04. The lowest BCUT2D eigenvalue weighted by molar-refractivity contribution is 0.0922. The molecule has 9 nitrogen and oxygen atoms in total. The summed E-state index contributed by atoms with van der Waals surface area (Å²) >= 11 is 0. The molecule has 1 aromatic heterocycles. The van der Waals surface area contributed by atoms with Gasteiger partial charge in [0.1, 0.15) is 11.5 Å². The quantitative estimate of drug-likeness (QED) is 0.397. The number of sulfonamides is 1. The van der Waals surface area contributed by atoms with Gasteiger partial charge in [-0.1, -0.05) is 13.8 Å². The summed E-state index contributed by atoms with van der Waals surface area (Å²) in [6.45, 7) is 8.08. The first kappa shape index (κ1) is 27.7. The van der Waals surface area contributed by atoms with Crippen molar-refractivity contribution in [2.75, 3.05) is 57.8 Å². The van der Waals surface area contributed by atoms with Gasteiger partial charge in [-0.3, -0.25) is 9.69 Å². The van der Waals surface area contributed by atoms with Crippen LogP contribution < -0.4 is 15.0 Å². The Morgan fingerprint density at radius 3 is 2.21 bits per heavy atom. The number of piperazine rings is 1. The van der Waals surface area contributed by atoms with Crippen LogP contribution in [-0.4, -0.2) is 76.5 Å². The zero-order valence-electron chi connectivity index (χ0n) is 22.2. The van der Waals surface area contributed by atoms with Gasteiger partial charge in [0.2, 0.25) is 10.0 Å². The van der Waals surface area contributed by atoms with E-state index in [2.05, 4.69) is 27.2 Å². The second-order valence-electron chi connectivity index (χ2n) is 9.08. The molecule has 4 rings (SSSR count). The molecule has 1 N–H and O–H groups in total. The Kier molecular flexibility index (Phi) is 9.09. The van der Waals surface area contributed by atoms with E-state index in [1.54, 1.807) is 39.4 Å². The van der Waals surface area contributed by atoms with Crippen LogP contribution in [-0.2, 0) is 10.0 Å². The molecule has 3 aromatic rings. The van der Waals surface area contributed by atoms with Crippen LogP contribution in [0.15, 0.2) is 76.2 Å². The monoisotopic (exact) mass is 540 g/mol. The second kappa shape index (κ2) is 12.5. The summed E-state index contributed by atoms with van der Waals surface area (Å²) in [5.41, 5.74) is 1.56. The van der Waals surface area contributed by atoms with E-state index in [1.807, 2.05) is 24.3 Å². The number of hydrogen-bond acceptors (Lipinski definition) is 7. The highest BCUT2D eigenvalue weighted by molar-refractivity contribution is 7.89. The maximum atomic E-state index is 13.0. The molecule has 0 radical (unpaired) electrons. The van der Waals surface area contributed by atoms with Crippen molar-refractivity contribution in [3.63, 3.8) is 0 Å². The van der Waals surface area contributed by atoms with Crippen LogP contribution in [0.4, 0.5) is 5.69 Å². The van der Waals surface area contributed by atoms with Gasteiger partial charge in [-0.15, -0.1) is 0 Å². The summed E-state index contributed by atoms with van der Waals surface area (Å²) in [7, 11) is -1.91. The van der Waals surface area contributed by atoms with Crippen molar-refractivity contribution in [2.24, 2.45) is 0 Å². The van der Waals surface area contributed by atoms with Gasteiger partial charge in [-0.25, -0.2) is 8.42 Å². The van der Waals surface area contributed by atoms with Crippen molar-refractivity contribution in [3.05, 3.63) is 78.3 Å². The van der Waals surface area contributed by atoms with Gasteiger partial charge in [-0.2, -0.15) is 4.31 Å². The fourth-order valence-electron chi connectivity index (χ4n) is 4.76. The van der Waals surface area contributed by atoms with E-state index >= 15 is 0 Å². The van der Waals surface area contributed by atoms with E-state index in [0.717, 1.165) is 43.4 Å². The number of carbonyl (C=O) groups is 1. The smallest absolute Gasteiger partial charge is 0.251 e. The molecule has 0 bridgehead atoms. The molecule has 1 aliphatic rings. The minimum atomic E-state index is -3.57. The van der Waals surface area contributed by atoms with Crippen molar-refractivity contribution in [1.82, 2.24) is 14.5 Å². The summed E-state index contributed by atoms with van der Waals surface area (Å²) in [6, 6.07) is 17.8. The van der Waals surface area contributed by atoms with Crippen molar-refractivity contribution >= 4 is 21.6 Å². The summed E-state index contributed by atoms with van der Waals surface area (Å²) in [6.07, 6.45) is 1.65.